The van der Waals surface area contributed by atoms with Gasteiger partial charge in [-0.3, -0.25) is 4.79 Å². The van der Waals surface area contributed by atoms with E-state index in [4.69, 9.17) is 22.3 Å². The lowest BCUT2D eigenvalue weighted by Gasteiger charge is -2.09. The summed E-state index contributed by atoms with van der Waals surface area (Å²) >= 11 is 5.97. The second-order valence-corrected chi connectivity index (χ2v) is 7.30. The van der Waals surface area contributed by atoms with Gasteiger partial charge >= 0.3 is 0 Å². The molecule has 1 amide bonds. The Hall–Kier alpha value is -1.56. The first kappa shape index (κ1) is 15.8. The highest BCUT2D eigenvalue weighted by Crippen LogP contribution is 2.21. The standard InChI is InChI=1S/C14H11Cl2NO3S/c1-9-12(3-2-4-13(9)15)14(18)17-10-5-7-11(8-6-10)21(16,19)20/h2-8H,1H3,(H,17,18). The van der Waals surface area contributed by atoms with Gasteiger partial charge in [0.05, 0.1) is 4.90 Å². The number of benzene rings is 2. The monoisotopic (exact) mass is 343 g/mol. The maximum absolute atomic E-state index is 12.2. The molecular weight excluding hydrogens is 333 g/mol. The van der Waals surface area contributed by atoms with Gasteiger partial charge in [0.1, 0.15) is 0 Å². The van der Waals surface area contributed by atoms with Gasteiger partial charge in [-0.25, -0.2) is 8.42 Å². The van der Waals surface area contributed by atoms with Crippen molar-refractivity contribution in [2.45, 2.75) is 11.8 Å². The molecule has 0 radical (unpaired) electrons. The molecule has 2 aromatic carbocycles. The predicted molar refractivity (Wildman–Crippen MR) is 83.6 cm³/mol. The van der Waals surface area contributed by atoms with Gasteiger partial charge in [0.2, 0.25) is 0 Å². The largest absolute Gasteiger partial charge is 0.322 e. The molecule has 0 atom stereocenters. The minimum atomic E-state index is -3.77. The molecule has 0 fully saturated rings. The zero-order chi connectivity index (χ0) is 15.6. The lowest BCUT2D eigenvalue weighted by Crippen LogP contribution is -2.13. The van der Waals surface area contributed by atoms with Crippen LogP contribution in [0.2, 0.25) is 5.02 Å². The van der Waals surface area contributed by atoms with Crippen molar-refractivity contribution in [2.75, 3.05) is 5.32 Å². The molecule has 0 aliphatic rings. The molecule has 0 unspecified atom stereocenters. The van der Waals surface area contributed by atoms with Crippen LogP contribution >= 0.6 is 22.3 Å². The van der Waals surface area contributed by atoms with E-state index in [1.165, 1.54) is 24.3 Å². The Morgan fingerprint density at radius 2 is 1.71 bits per heavy atom. The van der Waals surface area contributed by atoms with Gasteiger partial charge in [0.25, 0.3) is 15.0 Å². The minimum absolute atomic E-state index is 0.0268. The highest BCUT2D eigenvalue weighted by molar-refractivity contribution is 8.13. The summed E-state index contributed by atoms with van der Waals surface area (Å²) in [6.45, 7) is 1.75. The number of carbonyl (C=O) groups excluding carboxylic acids is 1. The smallest absolute Gasteiger partial charge is 0.261 e. The maximum atomic E-state index is 12.2. The molecule has 7 heteroatoms. The van der Waals surface area contributed by atoms with Crippen LogP contribution in [-0.2, 0) is 9.05 Å². The second kappa shape index (κ2) is 6.05. The molecule has 0 saturated heterocycles. The second-order valence-electron chi connectivity index (χ2n) is 4.33. The average Bonchev–Trinajstić information content (AvgIpc) is 2.41. The third-order valence-corrected chi connectivity index (χ3v) is 4.69. The van der Waals surface area contributed by atoms with Crippen molar-refractivity contribution in [1.29, 1.82) is 0 Å². The Bertz CT molecular complexity index is 786. The van der Waals surface area contributed by atoms with Gasteiger partial charge in [-0.1, -0.05) is 17.7 Å². The molecule has 1 N–H and O–H groups in total. The van der Waals surface area contributed by atoms with Gasteiger partial charge in [0, 0.05) is 27.0 Å². The summed E-state index contributed by atoms with van der Waals surface area (Å²) in [5.41, 5.74) is 1.59. The van der Waals surface area contributed by atoms with E-state index >= 15 is 0 Å². The average molecular weight is 344 g/mol. The number of anilines is 1. The molecule has 0 spiro atoms. The van der Waals surface area contributed by atoms with Crippen molar-refractivity contribution >= 4 is 42.9 Å². The molecule has 0 aromatic heterocycles. The fourth-order valence-electron chi connectivity index (χ4n) is 1.75. The Morgan fingerprint density at radius 3 is 2.29 bits per heavy atom. The molecule has 0 saturated carbocycles. The summed E-state index contributed by atoms with van der Waals surface area (Å²) in [6, 6.07) is 10.6. The number of hydrogen-bond acceptors (Lipinski definition) is 3. The molecule has 2 aromatic rings. The van der Waals surface area contributed by atoms with Gasteiger partial charge in [0.15, 0.2) is 0 Å². The first-order valence-electron chi connectivity index (χ1n) is 5.90. The van der Waals surface area contributed by atoms with Crippen LogP contribution in [0, 0.1) is 6.92 Å². The van der Waals surface area contributed by atoms with Crippen LogP contribution in [0.15, 0.2) is 47.4 Å². The van der Waals surface area contributed by atoms with Gasteiger partial charge in [-0.05, 0) is 48.9 Å². The topological polar surface area (TPSA) is 63.2 Å². The molecule has 21 heavy (non-hydrogen) atoms. The van der Waals surface area contributed by atoms with Crippen LogP contribution in [-0.4, -0.2) is 14.3 Å². The van der Waals surface area contributed by atoms with Crippen molar-refractivity contribution in [3.8, 4) is 0 Å². The Kier molecular flexibility index (Phi) is 4.56. The molecule has 0 aliphatic carbocycles. The van der Waals surface area contributed by atoms with Crippen molar-refractivity contribution in [1.82, 2.24) is 0 Å². The highest BCUT2D eigenvalue weighted by Gasteiger charge is 2.12. The van der Waals surface area contributed by atoms with Gasteiger partial charge in [-0.2, -0.15) is 0 Å². The molecule has 2 rings (SSSR count). The van der Waals surface area contributed by atoms with Crippen molar-refractivity contribution in [2.24, 2.45) is 0 Å². The summed E-state index contributed by atoms with van der Waals surface area (Å²) in [7, 11) is 1.45. The van der Waals surface area contributed by atoms with Crippen molar-refractivity contribution in [3.63, 3.8) is 0 Å². The quantitative estimate of drug-likeness (QED) is 0.861. The maximum Gasteiger partial charge on any atom is 0.261 e. The van der Waals surface area contributed by atoms with Crippen molar-refractivity contribution < 1.29 is 13.2 Å². The Labute approximate surface area is 132 Å². The van der Waals surface area contributed by atoms with E-state index in [0.717, 1.165) is 0 Å². The molecule has 0 aliphatic heterocycles. The van der Waals surface area contributed by atoms with E-state index in [1.807, 2.05) is 0 Å². The molecule has 0 bridgehead atoms. The van der Waals surface area contributed by atoms with Crippen molar-refractivity contribution in [3.05, 3.63) is 58.6 Å². The van der Waals surface area contributed by atoms with E-state index in [0.29, 0.717) is 21.8 Å². The first-order chi connectivity index (χ1) is 9.79. The highest BCUT2D eigenvalue weighted by atomic mass is 35.7. The zero-order valence-electron chi connectivity index (χ0n) is 10.9. The van der Waals surface area contributed by atoms with E-state index in [2.05, 4.69) is 5.32 Å². The minimum Gasteiger partial charge on any atom is -0.322 e. The number of carbonyl (C=O) groups is 1. The fourth-order valence-corrected chi connectivity index (χ4v) is 2.70. The number of hydrogen-bond donors (Lipinski definition) is 1. The lowest BCUT2D eigenvalue weighted by atomic mass is 10.1. The van der Waals surface area contributed by atoms with Crippen LogP contribution in [0.3, 0.4) is 0 Å². The van der Waals surface area contributed by atoms with Crippen LogP contribution < -0.4 is 5.32 Å². The van der Waals surface area contributed by atoms with Crippen LogP contribution in [0.4, 0.5) is 5.69 Å². The summed E-state index contributed by atoms with van der Waals surface area (Å²) in [5, 5.41) is 3.18. The predicted octanol–water partition coefficient (Wildman–Crippen LogP) is 3.83. The molecule has 0 heterocycles. The lowest BCUT2D eigenvalue weighted by molar-refractivity contribution is 0.102. The van der Waals surface area contributed by atoms with Crippen LogP contribution in [0.1, 0.15) is 15.9 Å². The van der Waals surface area contributed by atoms with Crippen LogP contribution in [0.5, 0.6) is 0 Å². The third-order valence-electron chi connectivity index (χ3n) is 2.91. The summed E-state index contributed by atoms with van der Waals surface area (Å²) < 4.78 is 22.3. The van der Waals surface area contributed by atoms with E-state index < -0.39 is 9.05 Å². The van der Waals surface area contributed by atoms with Gasteiger partial charge < -0.3 is 5.32 Å². The molecular formula is C14H11Cl2NO3S. The summed E-state index contributed by atoms with van der Waals surface area (Å²) in [4.78, 5) is 12.1. The van der Waals surface area contributed by atoms with E-state index in [9.17, 15) is 13.2 Å². The summed E-state index contributed by atoms with van der Waals surface area (Å²) in [5.74, 6) is -0.323. The Balaban J connectivity index is 2.22. The van der Waals surface area contributed by atoms with E-state index in [1.54, 1.807) is 25.1 Å². The van der Waals surface area contributed by atoms with Gasteiger partial charge in [-0.15, -0.1) is 0 Å². The number of amides is 1. The number of rotatable bonds is 3. The first-order valence-corrected chi connectivity index (χ1v) is 8.59. The SMILES string of the molecule is Cc1c(Cl)cccc1C(=O)Nc1ccc(S(=O)(=O)Cl)cc1. The van der Waals surface area contributed by atoms with Crippen LogP contribution in [0.25, 0.3) is 0 Å². The molecule has 4 nitrogen and oxygen atoms in total. The fraction of sp³-hybridized carbons (Fsp3) is 0.0714. The number of halogens is 2. The number of nitrogens with one attached hydrogen (secondary N) is 1. The Morgan fingerprint density at radius 1 is 1.10 bits per heavy atom. The molecule has 110 valence electrons. The normalized spacial score (nSPS) is 11.2. The summed E-state index contributed by atoms with van der Waals surface area (Å²) in [6.07, 6.45) is 0. The zero-order valence-corrected chi connectivity index (χ0v) is 13.3. The van der Waals surface area contributed by atoms with E-state index in [-0.39, 0.29) is 10.8 Å². The third kappa shape index (κ3) is 3.75.